The van der Waals surface area contributed by atoms with Gasteiger partial charge in [-0.25, -0.2) is 4.98 Å². The van der Waals surface area contributed by atoms with Gasteiger partial charge in [0.1, 0.15) is 12.4 Å². The SMILES string of the molecule is O=C(Nc1nc2ccccc2s1)c1ccc(OCc2ccccc2)c2c1CNCC2. The summed E-state index contributed by atoms with van der Waals surface area (Å²) in [6, 6.07) is 21.8. The number of nitrogens with zero attached hydrogens (tertiary/aromatic N) is 1. The van der Waals surface area contributed by atoms with Crippen molar-refractivity contribution in [3.63, 3.8) is 0 Å². The molecule has 1 amide bonds. The van der Waals surface area contributed by atoms with E-state index in [1.165, 1.54) is 11.3 Å². The smallest absolute Gasteiger partial charge is 0.257 e. The summed E-state index contributed by atoms with van der Waals surface area (Å²) in [7, 11) is 0. The van der Waals surface area contributed by atoms with Crippen LogP contribution in [0, 0.1) is 0 Å². The summed E-state index contributed by atoms with van der Waals surface area (Å²) in [5.74, 6) is 0.718. The van der Waals surface area contributed by atoms with Crippen molar-refractivity contribution in [3.05, 3.63) is 89.0 Å². The van der Waals surface area contributed by atoms with Crippen LogP contribution in [-0.2, 0) is 19.6 Å². The highest BCUT2D eigenvalue weighted by atomic mass is 32.1. The third kappa shape index (κ3) is 3.79. The number of carbonyl (C=O) groups is 1. The zero-order chi connectivity index (χ0) is 20.3. The quantitative estimate of drug-likeness (QED) is 0.493. The van der Waals surface area contributed by atoms with Gasteiger partial charge in [0.25, 0.3) is 5.91 Å². The minimum atomic E-state index is -0.136. The van der Waals surface area contributed by atoms with Crippen molar-refractivity contribution < 1.29 is 9.53 Å². The van der Waals surface area contributed by atoms with Crippen molar-refractivity contribution in [2.75, 3.05) is 11.9 Å². The average molecular weight is 416 g/mol. The molecule has 1 aliphatic rings. The van der Waals surface area contributed by atoms with E-state index >= 15 is 0 Å². The molecule has 2 heterocycles. The summed E-state index contributed by atoms with van der Waals surface area (Å²) < 4.78 is 7.17. The second-order valence-corrected chi connectivity index (χ2v) is 8.24. The fraction of sp³-hybridized carbons (Fsp3) is 0.167. The molecule has 30 heavy (non-hydrogen) atoms. The first kappa shape index (κ1) is 18.8. The standard InChI is InChI=1S/C24H21N3O2S/c28-23(27-24-26-20-8-4-5-9-22(20)30-24)18-10-11-21(17-12-13-25-14-19(17)18)29-15-16-6-2-1-3-7-16/h1-11,25H,12-15H2,(H,26,27,28). The summed E-state index contributed by atoms with van der Waals surface area (Å²) in [6.45, 7) is 2.04. The summed E-state index contributed by atoms with van der Waals surface area (Å²) in [5, 5.41) is 6.96. The van der Waals surface area contributed by atoms with E-state index in [1.807, 2.05) is 66.7 Å². The number of hydrogen-bond donors (Lipinski definition) is 2. The van der Waals surface area contributed by atoms with E-state index in [0.717, 1.165) is 45.6 Å². The van der Waals surface area contributed by atoms with Crippen LogP contribution in [0.5, 0.6) is 5.75 Å². The van der Waals surface area contributed by atoms with Crippen molar-refractivity contribution in [3.8, 4) is 5.75 Å². The molecule has 2 N–H and O–H groups in total. The van der Waals surface area contributed by atoms with E-state index in [9.17, 15) is 4.79 Å². The molecular formula is C24H21N3O2S. The number of nitrogens with one attached hydrogen (secondary N) is 2. The van der Waals surface area contributed by atoms with Gasteiger partial charge in [-0.1, -0.05) is 53.8 Å². The number of aromatic nitrogens is 1. The molecule has 5 rings (SSSR count). The van der Waals surface area contributed by atoms with Crippen molar-refractivity contribution in [1.82, 2.24) is 10.3 Å². The number of rotatable bonds is 5. The molecule has 3 aromatic carbocycles. The molecule has 0 fully saturated rings. The molecular weight excluding hydrogens is 394 g/mol. The van der Waals surface area contributed by atoms with Crippen molar-refractivity contribution in [1.29, 1.82) is 0 Å². The average Bonchev–Trinajstić information content (AvgIpc) is 3.20. The van der Waals surface area contributed by atoms with Crippen LogP contribution in [0.4, 0.5) is 5.13 Å². The van der Waals surface area contributed by atoms with Gasteiger partial charge in [0.15, 0.2) is 5.13 Å². The third-order valence-corrected chi connectivity index (χ3v) is 6.19. The van der Waals surface area contributed by atoms with Crippen molar-refractivity contribution >= 4 is 32.6 Å². The fourth-order valence-electron chi connectivity index (χ4n) is 3.75. The molecule has 1 aromatic heterocycles. The van der Waals surface area contributed by atoms with Crippen LogP contribution in [0.3, 0.4) is 0 Å². The maximum Gasteiger partial charge on any atom is 0.257 e. The van der Waals surface area contributed by atoms with Gasteiger partial charge in [-0.2, -0.15) is 0 Å². The molecule has 5 nitrogen and oxygen atoms in total. The summed E-state index contributed by atoms with van der Waals surface area (Å²) in [5.41, 5.74) is 4.81. The van der Waals surface area contributed by atoms with Crippen LogP contribution in [0.2, 0.25) is 0 Å². The number of ether oxygens (including phenoxy) is 1. The first-order valence-corrected chi connectivity index (χ1v) is 10.8. The lowest BCUT2D eigenvalue weighted by atomic mass is 9.94. The molecule has 6 heteroatoms. The summed E-state index contributed by atoms with van der Waals surface area (Å²) in [4.78, 5) is 17.6. The zero-order valence-electron chi connectivity index (χ0n) is 16.4. The van der Waals surface area contributed by atoms with E-state index < -0.39 is 0 Å². The van der Waals surface area contributed by atoms with Crippen LogP contribution >= 0.6 is 11.3 Å². The third-order valence-electron chi connectivity index (χ3n) is 5.24. The van der Waals surface area contributed by atoms with Gasteiger partial charge in [0.05, 0.1) is 10.2 Å². The van der Waals surface area contributed by atoms with E-state index in [2.05, 4.69) is 15.6 Å². The van der Waals surface area contributed by atoms with Crippen LogP contribution < -0.4 is 15.4 Å². The highest BCUT2D eigenvalue weighted by Gasteiger charge is 2.22. The Bertz CT molecular complexity index is 1170. The molecule has 4 aromatic rings. The van der Waals surface area contributed by atoms with Crippen molar-refractivity contribution in [2.45, 2.75) is 19.6 Å². The van der Waals surface area contributed by atoms with Crippen LogP contribution in [0.25, 0.3) is 10.2 Å². The second kappa shape index (κ2) is 8.26. The maximum absolute atomic E-state index is 13.0. The van der Waals surface area contributed by atoms with Gasteiger partial charge in [-0.3, -0.25) is 10.1 Å². The lowest BCUT2D eigenvalue weighted by molar-refractivity contribution is 0.102. The summed E-state index contributed by atoms with van der Waals surface area (Å²) >= 11 is 1.48. The predicted molar refractivity (Wildman–Crippen MR) is 120 cm³/mol. The minimum absolute atomic E-state index is 0.136. The Morgan fingerprint density at radius 1 is 1.03 bits per heavy atom. The molecule has 0 saturated carbocycles. The number of fused-ring (bicyclic) bond motifs is 2. The topological polar surface area (TPSA) is 63.2 Å². The van der Waals surface area contributed by atoms with Crippen molar-refractivity contribution in [2.24, 2.45) is 0 Å². The largest absolute Gasteiger partial charge is 0.489 e. The van der Waals surface area contributed by atoms with E-state index in [-0.39, 0.29) is 5.91 Å². The maximum atomic E-state index is 13.0. The Labute approximate surface area is 178 Å². The fourth-order valence-corrected chi connectivity index (χ4v) is 4.61. The monoisotopic (exact) mass is 415 g/mol. The van der Waals surface area contributed by atoms with E-state index in [4.69, 9.17) is 4.74 Å². The second-order valence-electron chi connectivity index (χ2n) is 7.21. The predicted octanol–water partition coefficient (Wildman–Crippen LogP) is 4.77. The minimum Gasteiger partial charge on any atom is -0.489 e. The lowest BCUT2D eigenvalue weighted by Gasteiger charge is -2.23. The number of thiazole rings is 1. The molecule has 1 aliphatic heterocycles. The highest BCUT2D eigenvalue weighted by molar-refractivity contribution is 7.22. The number of amides is 1. The first-order valence-electron chi connectivity index (χ1n) is 9.97. The zero-order valence-corrected chi connectivity index (χ0v) is 17.2. The van der Waals surface area contributed by atoms with Gasteiger partial charge < -0.3 is 10.1 Å². The molecule has 0 unspecified atom stereocenters. The molecule has 0 spiro atoms. The molecule has 0 atom stereocenters. The number of para-hydroxylation sites is 1. The lowest BCUT2D eigenvalue weighted by Crippen LogP contribution is -2.27. The number of hydrogen-bond acceptors (Lipinski definition) is 5. The van der Waals surface area contributed by atoms with Gasteiger partial charge in [0, 0.05) is 17.7 Å². The van der Waals surface area contributed by atoms with Crippen LogP contribution in [0.1, 0.15) is 27.0 Å². The Hall–Kier alpha value is -3.22. The van der Waals surface area contributed by atoms with Gasteiger partial charge in [0.2, 0.25) is 0 Å². The molecule has 150 valence electrons. The molecule has 0 saturated heterocycles. The Morgan fingerprint density at radius 3 is 2.73 bits per heavy atom. The van der Waals surface area contributed by atoms with Crippen LogP contribution in [0.15, 0.2) is 66.7 Å². The van der Waals surface area contributed by atoms with E-state index in [1.54, 1.807) is 0 Å². The molecule has 0 bridgehead atoms. The van der Waals surface area contributed by atoms with Crippen LogP contribution in [-0.4, -0.2) is 17.4 Å². The Morgan fingerprint density at radius 2 is 1.87 bits per heavy atom. The van der Waals surface area contributed by atoms with Gasteiger partial charge >= 0.3 is 0 Å². The first-order chi connectivity index (χ1) is 14.8. The van der Waals surface area contributed by atoms with Gasteiger partial charge in [-0.15, -0.1) is 0 Å². The normalized spacial score (nSPS) is 13.1. The Balaban J connectivity index is 1.40. The Kier molecular flexibility index (Phi) is 5.17. The number of benzene rings is 3. The number of anilines is 1. The number of carbonyl (C=O) groups excluding carboxylic acids is 1. The highest BCUT2D eigenvalue weighted by Crippen LogP contribution is 2.31. The van der Waals surface area contributed by atoms with Gasteiger partial charge in [-0.05, 0) is 48.4 Å². The van der Waals surface area contributed by atoms with E-state index in [0.29, 0.717) is 23.8 Å². The molecule has 0 radical (unpaired) electrons. The molecule has 0 aliphatic carbocycles. The summed E-state index contributed by atoms with van der Waals surface area (Å²) in [6.07, 6.45) is 0.835.